The lowest BCUT2D eigenvalue weighted by Crippen LogP contribution is -2.46. The average Bonchev–Trinajstić information content (AvgIpc) is 3.49. The minimum absolute atomic E-state index is 0.243. The first-order valence-electron chi connectivity index (χ1n) is 9.18. The van der Waals surface area contributed by atoms with Crippen LogP contribution >= 0.6 is 0 Å². The third-order valence-corrected chi connectivity index (χ3v) is 5.36. The lowest BCUT2D eigenvalue weighted by Gasteiger charge is -2.50. The van der Waals surface area contributed by atoms with Gasteiger partial charge in [0.1, 0.15) is 0 Å². The van der Waals surface area contributed by atoms with Gasteiger partial charge >= 0.3 is 0 Å². The van der Waals surface area contributed by atoms with Gasteiger partial charge in [0.2, 0.25) is 0 Å². The van der Waals surface area contributed by atoms with Gasteiger partial charge in [-0.3, -0.25) is 0 Å². The molecule has 1 fully saturated rings. The van der Waals surface area contributed by atoms with Gasteiger partial charge in [0.15, 0.2) is 0 Å². The van der Waals surface area contributed by atoms with Crippen LogP contribution in [0.15, 0.2) is 74.6 Å². The van der Waals surface area contributed by atoms with Crippen LogP contribution in [0.5, 0.6) is 0 Å². The van der Waals surface area contributed by atoms with Crippen LogP contribution < -0.4 is 0 Å². The number of aromatic nitrogens is 8. The lowest BCUT2D eigenvalue weighted by molar-refractivity contribution is 0.0635. The summed E-state index contributed by atoms with van der Waals surface area (Å²) < 4.78 is 4.38. The Morgan fingerprint density at radius 1 is 0.714 bits per heavy atom. The van der Waals surface area contributed by atoms with Gasteiger partial charge in [-0.2, -0.15) is 0 Å². The van der Waals surface area contributed by atoms with Crippen molar-refractivity contribution in [3.8, 4) is 0 Å². The highest BCUT2D eigenvalue weighted by molar-refractivity contribution is 5.47. The first kappa shape index (κ1) is 16.5. The molecule has 5 rings (SSSR count). The van der Waals surface area contributed by atoms with Crippen LogP contribution in [0, 0.1) is 11.8 Å². The molecule has 0 amide bonds. The van der Waals surface area contributed by atoms with Gasteiger partial charge < -0.3 is 19.1 Å². The molecule has 1 saturated carbocycles. The number of hydrogen-bond donors (Lipinski definition) is 2. The fourth-order valence-corrected chi connectivity index (χ4v) is 4.04. The van der Waals surface area contributed by atoms with Crippen molar-refractivity contribution in [2.24, 2.45) is 11.8 Å². The third-order valence-electron chi connectivity index (χ3n) is 5.36. The number of nitrogens with zero attached hydrogens (tertiary/aromatic N) is 6. The Morgan fingerprint density at radius 2 is 1.21 bits per heavy atom. The minimum Gasteiger partial charge on any atom is -0.345 e. The fourth-order valence-electron chi connectivity index (χ4n) is 4.04. The molecular weight excluding hydrogens is 352 g/mol. The number of hydrogen-bond acceptors (Lipinski definition) is 4. The van der Waals surface area contributed by atoms with Gasteiger partial charge in [0, 0.05) is 36.6 Å². The number of nitrogens with one attached hydrogen (secondary N) is 2. The monoisotopic (exact) mass is 372 g/mol. The summed E-state index contributed by atoms with van der Waals surface area (Å²) in [6.07, 6.45) is 27.2. The Hall–Kier alpha value is -3.68. The Labute approximate surface area is 161 Å². The maximum absolute atomic E-state index is 4.26. The Kier molecular flexibility index (Phi) is 4.21. The normalized spacial score (nSPS) is 24.9. The molecule has 0 unspecified atom stereocenters. The molecule has 0 saturated heterocycles. The second-order valence-corrected chi connectivity index (χ2v) is 6.89. The summed E-state index contributed by atoms with van der Waals surface area (Å²) >= 11 is 0. The smallest absolute Gasteiger partial charge is 0.0949 e. The number of allylic oxidation sites excluding steroid dienone is 2. The summed E-state index contributed by atoms with van der Waals surface area (Å²) in [6.45, 7) is 0. The molecule has 4 aromatic rings. The van der Waals surface area contributed by atoms with E-state index < -0.39 is 0 Å². The maximum atomic E-state index is 4.26. The van der Waals surface area contributed by atoms with Gasteiger partial charge in [0.05, 0.1) is 61.2 Å². The van der Waals surface area contributed by atoms with E-state index in [1.54, 1.807) is 12.7 Å². The summed E-state index contributed by atoms with van der Waals surface area (Å²) in [5.41, 5.74) is 1.98. The molecule has 0 bridgehead atoms. The first-order chi connectivity index (χ1) is 13.9. The maximum Gasteiger partial charge on any atom is 0.0949 e. The van der Waals surface area contributed by atoms with Crippen molar-refractivity contribution in [1.82, 2.24) is 39.0 Å². The largest absolute Gasteiger partial charge is 0.345 e. The van der Waals surface area contributed by atoms with Crippen molar-refractivity contribution >= 4 is 12.2 Å². The van der Waals surface area contributed by atoms with Crippen molar-refractivity contribution < 1.29 is 0 Å². The standard InChI is InChI=1S/C20H20N8/c1(15-9-23-11-25-15)3-17-18(4-2-16-10-24-12-26-16)20(28-8-6-22-14-28)19(17)27-7-5-21-13-27/h1-14,17-20H,(H,23,25)(H,24,26)/b3-1+,4-2+/t17-,18+,19+,20-. The van der Waals surface area contributed by atoms with Crippen LogP contribution in [0.25, 0.3) is 12.2 Å². The highest BCUT2D eigenvalue weighted by Crippen LogP contribution is 2.54. The molecule has 8 nitrogen and oxygen atoms in total. The molecule has 140 valence electrons. The van der Waals surface area contributed by atoms with E-state index in [4.69, 9.17) is 0 Å². The topological polar surface area (TPSA) is 93.0 Å². The summed E-state index contributed by atoms with van der Waals surface area (Å²) in [5, 5.41) is 0. The van der Waals surface area contributed by atoms with E-state index in [-0.39, 0.29) is 12.1 Å². The number of imidazole rings is 4. The zero-order chi connectivity index (χ0) is 18.8. The summed E-state index contributed by atoms with van der Waals surface area (Å²) in [7, 11) is 0. The second kappa shape index (κ2) is 7.15. The Bertz CT molecular complexity index is 940. The molecule has 4 atom stereocenters. The quantitative estimate of drug-likeness (QED) is 0.544. The van der Waals surface area contributed by atoms with Gasteiger partial charge in [0.25, 0.3) is 0 Å². The van der Waals surface area contributed by atoms with Crippen LogP contribution in [0.3, 0.4) is 0 Å². The zero-order valence-corrected chi connectivity index (χ0v) is 15.1. The van der Waals surface area contributed by atoms with E-state index in [0.29, 0.717) is 11.8 Å². The molecule has 0 aliphatic heterocycles. The van der Waals surface area contributed by atoms with Crippen molar-refractivity contribution in [2.75, 3.05) is 0 Å². The molecule has 1 aliphatic carbocycles. The average molecular weight is 372 g/mol. The Balaban J connectivity index is 1.51. The van der Waals surface area contributed by atoms with Crippen LogP contribution in [0.4, 0.5) is 0 Å². The van der Waals surface area contributed by atoms with E-state index in [0.717, 1.165) is 11.4 Å². The van der Waals surface area contributed by atoms with E-state index in [9.17, 15) is 0 Å². The van der Waals surface area contributed by atoms with Crippen molar-refractivity contribution in [3.63, 3.8) is 0 Å². The molecular formula is C20H20N8. The molecule has 0 radical (unpaired) electrons. The van der Waals surface area contributed by atoms with Crippen molar-refractivity contribution in [1.29, 1.82) is 0 Å². The molecule has 28 heavy (non-hydrogen) atoms. The summed E-state index contributed by atoms with van der Waals surface area (Å²) in [6, 6.07) is 0.486. The lowest BCUT2D eigenvalue weighted by atomic mass is 9.64. The van der Waals surface area contributed by atoms with Crippen molar-refractivity contribution in [2.45, 2.75) is 12.1 Å². The molecule has 1 aliphatic rings. The minimum atomic E-state index is 0.243. The van der Waals surface area contributed by atoms with E-state index in [2.05, 4.69) is 63.3 Å². The van der Waals surface area contributed by atoms with E-state index in [1.165, 1.54) is 0 Å². The van der Waals surface area contributed by atoms with Gasteiger partial charge in [-0.05, 0) is 12.2 Å². The third kappa shape index (κ3) is 2.98. The molecule has 8 heteroatoms. The zero-order valence-electron chi connectivity index (χ0n) is 15.1. The van der Waals surface area contributed by atoms with Crippen molar-refractivity contribution in [3.05, 3.63) is 86.0 Å². The van der Waals surface area contributed by atoms with Gasteiger partial charge in [-0.25, -0.2) is 19.9 Å². The highest BCUT2D eigenvalue weighted by Gasteiger charge is 2.49. The number of aromatic amines is 2. The highest BCUT2D eigenvalue weighted by atomic mass is 15.2. The first-order valence-corrected chi connectivity index (χ1v) is 9.18. The SMILES string of the molecule is C(=C\[C@@H]1[C@H](/C=C/c2cnc[nH]2)[C@@H](n2ccnc2)[C@H]1n1ccnc1)/c1cnc[nH]1. The van der Waals surface area contributed by atoms with Gasteiger partial charge in [-0.1, -0.05) is 12.2 Å². The predicted molar refractivity (Wildman–Crippen MR) is 105 cm³/mol. The van der Waals surface area contributed by atoms with Gasteiger partial charge in [-0.15, -0.1) is 0 Å². The second-order valence-electron chi connectivity index (χ2n) is 6.89. The fraction of sp³-hybridized carbons (Fsp3) is 0.200. The summed E-state index contributed by atoms with van der Waals surface area (Å²) in [5.74, 6) is 0.591. The van der Waals surface area contributed by atoms with Crippen LogP contribution in [0.2, 0.25) is 0 Å². The molecule has 2 N–H and O–H groups in total. The predicted octanol–water partition coefficient (Wildman–Crippen LogP) is 2.98. The number of H-pyrrole nitrogens is 2. The van der Waals surface area contributed by atoms with Crippen LogP contribution in [0.1, 0.15) is 23.5 Å². The summed E-state index contributed by atoms with van der Waals surface area (Å²) in [4.78, 5) is 23.0. The molecule has 4 aromatic heterocycles. The number of rotatable bonds is 6. The molecule has 0 spiro atoms. The molecule has 0 aromatic carbocycles. The van der Waals surface area contributed by atoms with E-state index in [1.807, 2.05) is 49.8 Å². The molecule has 4 heterocycles. The Morgan fingerprint density at radius 3 is 1.57 bits per heavy atom. The van der Waals surface area contributed by atoms with E-state index >= 15 is 0 Å². The van der Waals surface area contributed by atoms with Crippen LogP contribution in [-0.4, -0.2) is 39.0 Å². The van der Waals surface area contributed by atoms with Crippen LogP contribution in [-0.2, 0) is 0 Å².